The van der Waals surface area contributed by atoms with E-state index in [9.17, 15) is 9.50 Å². The highest BCUT2D eigenvalue weighted by molar-refractivity contribution is 8.93. The van der Waals surface area contributed by atoms with Crippen molar-refractivity contribution in [3.8, 4) is 5.75 Å². The number of nitrogens with zero attached hydrogens (tertiary/aromatic N) is 2. The van der Waals surface area contributed by atoms with Crippen LogP contribution in [0.25, 0.3) is 0 Å². The minimum atomic E-state index is -1.15. The van der Waals surface area contributed by atoms with Gasteiger partial charge in [0.2, 0.25) is 0 Å². The molecule has 4 nitrogen and oxygen atoms in total. The second-order valence-corrected chi connectivity index (χ2v) is 7.22. The lowest BCUT2D eigenvalue weighted by atomic mass is 10.0. The summed E-state index contributed by atoms with van der Waals surface area (Å²) in [6.07, 6.45) is 4.23. The van der Waals surface area contributed by atoms with Crippen molar-refractivity contribution in [3.63, 3.8) is 0 Å². The number of benzene rings is 2. The van der Waals surface area contributed by atoms with Crippen LogP contribution in [0.1, 0.15) is 38.2 Å². The number of halogens is 2. The van der Waals surface area contributed by atoms with E-state index in [1.165, 1.54) is 12.1 Å². The molecule has 0 radical (unpaired) electrons. The van der Waals surface area contributed by atoms with Crippen LogP contribution in [-0.4, -0.2) is 35.2 Å². The molecule has 6 heteroatoms. The van der Waals surface area contributed by atoms with Gasteiger partial charge in [0.25, 0.3) is 11.6 Å². The lowest BCUT2D eigenvalue weighted by molar-refractivity contribution is -0.658. The second-order valence-electron chi connectivity index (χ2n) is 7.22. The van der Waals surface area contributed by atoms with Gasteiger partial charge in [-0.1, -0.05) is 0 Å². The molecule has 28 heavy (non-hydrogen) atoms. The van der Waals surface area contributed by atoms with E-state index in [-0.39, 0.29) is 22.8 Å². The molecule has 0 spiro atoms. The Morgan fingerprint density at radius 1 is 1.07 bits per heavy atom. The Bertz CT molecular complexity index is 839. The molecule has 150 valence electrons. The van der Waals surface area contributed by atoms with Crippen LogP contribution in [0, 0.1) is 5.82 Å². The first-order valence-electron chi connectivity index (χ1n) is 9.74. The Labute approximate surface area is 176 Å². The SMILES string of the molecule is Br.CCOc1ccc(N2CC(O)(c3ccc(F)cc3)[N+]3=C2CCCCC3)cc1. The molecule has 2 heterocycles. The Morgan fingerprint density at radius 2 is 1.79 bits per heavy atom. The smallest absolute Gasteiger partial charge is 0.271 e. The maximum absolute atomic E-state index is 13.4. The van der Waals surface area contributed by atoms with Gasteiger partial charge < -0.3 is 9.84 Å². The van der Waals surface area contributed by atoms with Crippen molar-refractivity contribution < 1.29 is 18.8 Å². The van der Waals surface area contributed by atoms with Gasteiger partial charge in [0.15, 0.2) is 6.54 Å². The van der Waals surface area contributed by atoms with Gasteiger partial charge in [-0.3, -0.25) is 0 Å². The summed E-state index contributed by atoms with van der Waals surface area (Å²) in [4.78, 5) is 2.20. The van der Waals surface area contributed by atoms with Crippen LogP contribution in [0.5, 0.6) is 5.75 Å². The van der Waals surface area contributed by atoms with E-state index < -0.39 is 5.72 Å². The van der Waals surface area contributed by atoms with E-state index in [2.05, 4.69) is 9.48 Å². The van der Waals surface area contributed by atoms with Crippen molar-refractivity contribution in [1.82, 2.24) is 0 Å². The molecular formula is C22H27BrFN2O2+. The summed E-state index contributed by atoms with van der Waals surface area (Å²) in [6, 6.07) is 14.2. The fourth-order valence-corrected chi connectivity index (χ4v) is 4.16. The molecule has 1 N–H and O–H groups in total. The van der Waals surface area contributed by atoms with Crippen molar-refractivity contribution in [1.29, 1.82) is 0 Å². The van der Waals surface area contributed by atoms with Gasteiger partial charge >= 0.3 is 0 Å². The first-order chi connectivity index (χ1) is 13.1. The van der Waals surface area contributed by atoms with Crippen LogP contribution in [-0.2, 0) is 5.72 Å². The van der Waals surface area contributed by atoms with Crippen LogP contribution < -0.4 is 9.64 Å². The first-order valence-corrected chi connectivity index (χ1v) is 9.74. The minimum Gasteiger partial charge on any atom is -0.494 e. The number of amidine groups is 1. The monoisotopic (exact) mass is 449 g/mol. The zero-order valence-electron chi connectivity index (χ0n) is 16.1. The highest BCUT2D eigenvalue weighted by Crippen LogP contribution is 2.35. The third-order valence-corrected chi connectivity index (χ3v) is 5.50. The van der Waals surface area contributed by atoms with Crippen molar-refractivity contribution in [2.24, 2.45) is 0 Å². The Kier molecular flexibility index (Phi) is 6.40. The van der Waals surface area contributed by atoms with E-state index in [0.717, 1.165) is 55.1 Å². The number of hydrogen-bond acceptors (Lipinski definition) is 3. The predicted molar refractivity (Wildman–Crippen MR) is 114 cm³/mol. The van der Waals surface area contributed by atoms with Crippen LogP contribution >= 0.6 is 17.0 Å². The average molecular weight is 450 g/mol. The Balaban J connectivity index is 0.00000225. The third-order valence-electron chi connectivity index (χ3n) is 5.50. The Morgan fingerprint density at radius 3 is 2.46 bits per heavy atom. The zero-order chi connectivity index (χ0) is 18.9. The highest BCUT2D eigenvalue weighted by Gasteiger charge is 2.51. The summed E-state index contributed by atoms with van der Waals surface area (Å²) in [5.41, 5.74) is 0.626. The Hall–Kier alpha value is -1.92. The summed E-state index contributed by atoms with van der Waals surface area (Å²) in [7, 11) is 0. The normalized spacial score (nSPS) is 21.8. The minimum absolute atomic E-state index is 0. The molecule has 0 bridgehead atoms. The lowest BCUT2D eigenvalue weighted by Gasteiger charge is -2.23. The van der Waals surface area contributed by atoms with Gasteiger partial charge in [-0.2, -0.15) is 0 Å². The topological polar surface area (TPSA) is 35.7 Å². The van der Waals surface area contributed by atoms with Gasteiger partial charge in [0, 0.05) is 12.0 Å². The van der Waals surface area contributed by atoms with Crippen molar-refractivity contribution >= 4 is 28.5 Å². The molecule has 0 aromatic heterocycles. The molecule has 1 unspecified atom stereocenters. The molecule has 0 amide bonds. The number of β-amino-alcohol motifs (C(OH)–C–C–N with tert-alkyl or cyclic N) is 1. The van der Waals surface area contributed by atoms with Crippen LogP contribution in [0.15, 0.2) is 48.5 Å². The molecule has 0 aliphatic carbocycles. The van der Waals surface area contributed by atoms with Gasteiger partial charge in [-0.15, -0.1) is 17.0 Å². The molecule has 2 aliphatic heterocycles. The van der Waals surface area contributed by atoms with Crippen molar-refractivity contribution in [3.05, 3.63) is 59.9 Å². The fourth-order valence-electron chi connectivity index (χ4n) is 4.16. The molecule has 2 aromatic rings. The summed E-state index contributed by atoms with van der Waals surface area (Å²) in [5, 5.41) is 11.7. The number of aliphatic hydroxyl groups is 1. The molecule has 0 fully saturated rings. The molecule has 2 aliphatic rings. The van der Waals surface area contributed by atoms with Gasteiger partial charge in [0.05, 0.1) is 13.2 Å². The fraction of sp³-hybridized carbons (Fsp3) is 0.409. The summed E-state index contributed by atoms with van der Waals surface area (Å²) in [6.45, 7) is 3.84. The third kappa shape index (κ3) is 3.80. The van der Waals surface area contributed by atoms with Crippen LogP contribution in [0.2, 0.25) is 0 Å². The first kappa shape index (κ1) is 20.8. The van der Waals surface area contributed by atoms with E-state index in [4.69, 9.17) is 4.74 Å². The van der Waals surface area contributed by atoms with Gasteiger partial charge in [-0.05, 0) is 74.7 Å². The van der Waals surface area contributed by atoms with Crippen molar-refractivity contribution in [2.45, 2.75) is 38.3 Å². The number of rotatable bonds is 4. The summed E-state index contributed by atoms with van der Waals surface area (Å²) in [5.74, 6) is 1.70. The highest BCUT2D eigenvalue weighted by atomic mass is 79.9. The van der Waals surface area contributed by atoms with E-state index in [1.54, 1.807) is 12.1 Å². The van der Waals surface area contributed by atoms with Gasteiger partial charge in [0.1, 0.15) is 17.3 Å². The predicted octanol–water partition coefficient (Wildman–Crippen LogP) is 4.45. The van der Waals surface area contributed by atoms with E-state index in [0.29, 0.717) is 13.2 Å². The largest absolute Gasteiger partial charge is 0.494 e. The standard InChI is InChI=1S/C22H26FN2O2.BrH/c1-2-27-20-13-11-19(12-14-20)24-16-22(26,17-7-9-18(23)10-8-17)25-15-5-3-4-6-21(24)25;/h7-14,26H,2-6,15-16H2,1H3;1H/q+1;. The molecule has 1 atom stereocenters. The molecule has 0 saturated heterocycles. The lowest BCUT2D eigenvalue weighted by Crippen LogP contribution is -2.41. The number of anilines is 1. The zero-order valence-corrected chi connectivity index (χ0v) is 17.8. The molecular weight excluding hydrogens is 423 g/mol. The maximum Gasteiger partial charge on any atom is 0.271 e. The van der Waals surface area contributed by atoms with Gasteiger partial charge in [-0.25, -0.2) is 13.9 Å². The maximum atomic E-state index is 13.4. The quantitative estimate of drug-likeness (QED) is 0.700. The average Bonchev–Trinajstić information content (AvgIpc) is 2.84. The van der Waals surface area contributed by atoms with Crippen LogP contribution in [0.3, 0.4) is 0 Å². The number of ether oxygens (including phenoxy) is 1. The van der Waals surface area contributed by atoms with Crippen LogP contribution in [0.4, 0.5) is 10.1 Å². The molecule has 4 rings (SSSR count). The second kappa shape index (κ2) is 8.62. The molecule has 0 saturated carbocycles. The summed E-state index contributed by atoms with van der Waals surface area (Å²) < 4.78 is 21.1. The van der Waals surface area contributed by atoms with E-state index >= 15 is 0 Å². The van der Waals surface area contributed by atoms with E-state index in [1.807, 2.05) is 31.2 Å². The van der Waals surface area contributed by atoms with Crippen molar-refractivity contribution in [2.75, 3.05) is 24.6 Å². The molecule has 2 aromatic carbocycles. The summed E-state index contributed by atoms with van der Waals surface area (Å²) >= 11 is 0. The number of hydrogen-bond donors (Lipinski definition) is 1.